The van der Waals surface area contributed by atoms with E-state index in [2.05, 4.69) is 29.0 Å². The number of carbonyl (C=O) groups excluding carboxylic acids is 2. The minimum absolute atomic E-state index is 0.0224. The molecule has 0 radical (unpaired) electrons. The Morgan fingerprint density at radius 2 is 1.95 bits per heavy atom. The Morgan fingerprint density at radius 1 is 1.16 bits per heavy atom. The molecule has 1 aliphatic rings. The zero-order valence-corrected chi connectivity index (χ0v) is 21.7. The molecule has 0 aliphatic carbocycles. The third-order valence-corrected chi connectivity index (χ3v) is 6.72. The Labute approximate surface area is 217 Å². The summed E-state index contributed by atoms with van der Waals surface area (Å²) in [5.74, 6) is 0.143. The average Bonchev–Trinajstić information content (AvgIpc) is 3.42. The summed E-state index contributed by atoms with van der Waals surface area (Å²) in [6, 6.07) is 14.1. The molecule has 196 valence electrons. The summed E-state index contributed by atoms with van der Waals surface area (Å²) >= 11 is 0. The zero-order chi connectivity index (χ0) is 26.4. The third kappa shape index (κ3) is 6.55. The van der Waals surface area contributed by atoms with E-state index >= 15 is 0 Å². The second-order valence-electron chi connectivity index (χ2n) is 9.54. The summed E-state index contributed by atoms with van der Waals surface area (Å²) in [4.78, 5) is 34.4. The number of amides is 2. The molecule has 1 aliphatic heterocycles. The van der Waals surface area contributed by atoms with E-state index in [1.165, 1.54) is 6.39 Å². The molecule has 9 heteroatoms. The summed E-state index contributed by atoms with van der Waals surface area (Å²) in [5, 5.41) is 2.88. The van der Waals surface area contributed by atoms with Crippen molar-refractivity contribution in [2.24, 2.45) is 5.92 Å². The quantitative estimate of drug-likeness (QED) is 0.560. The molecule has 0 saturated carbocycles. The molecule has 1 N–H and O–H groups in total. The minimum Gasteiger partial charge on any atom is -0.491 e. The van der Waals surface area contributed by atoms with E-state index in [1.54, 1.807) is 67.8 Å². The normalized spacial score (nSPS) is 21.4. The van der Waals surface area contributed by atoms with Crippen LogP contribution in [0.5, 0.6) is 5.75 Å². The van der Waals surface area contributed by atoms with Crippen LogP contribution in [0, 0.1) is 5.92 Å². The van der Waals surface area contributed by atoms with Gasteiger partial charge in [-0.25, -0.2) is 4.98 Å². The Bertz CT molecular complexity index is 1180. The number of ether oxygens (including phenoxy) is 2. The fraction of sp³-hybridized carbons (Fsp3) is 0.393. The van der Waals surface area contributed by atoms with E-state index in [0.29, 0.717) is 42.3 Å². The van der Waals surface area contributed by atoms with Crippen LogP contribution in [-0.2, 0) is 11.3 Å². The number of fused-ring (bicyclic) bond motifs is 1. The van der Waals surface area contributed by atoms with Crippen molar-refractivity contribution in [3.8, 4) is 5.75 Å². The molecule has 0 spiro atoms. The highest BCUT2D eigenvalue weighted by Gasteiger charge is 2.29. The van der Waals surface area contributed by atoms with Gasteiger partial charge in [-0.15, -0.1) is 0 Å². The van der Waals surface area contributed by atoms with Gasteiger partial charge in [0.25, 0.3) is 11.8 Å². The third-order valence-electron chi connectivity index (χ3n) is 6.72. The van der Waals surface area contributed by atoms with Crippen molar-refractivity contribution >= 4 is 17.5 Å². The number of nitrogens with zero attached hydrogens (tertiary/aromatic N) is 3. The van der Waals surface area contributed by atoms with Crippen molar-refractivity contribution in [3.05, 3.63) is 78.0 Å². The van der Waals surface area contributed by atoms with Crippen molar-refractivity contribution in [2.45, 2.75) is 32.5 Å². The summed E-state index contributed by atoms with van der Waals surface area (Å²) in [6.45, 7) is 6.31. The topological polar surface area (TPSA) is 97.1 Å². The number of aromatic nitrogens is 1. The maximum atomic E-state index is 13.5. The minimum atomic E-state index is -0.249. The van der Waals surface area contributed by atoms with Crippen LogP contribution in [0.25, 0.3) is 0 Å². The first-order chi connectivity index (χ1) is 17.9. The first kappa shape index (κ1) is 26.4. The van der Waals surface area contributed by atoms with Crippen LogP contribution in [-0.4, -0.2) is 72.6 Å². The Morgan fingerprint density at radius 3 is 2.65 bits per heavy atom. The Balaban J connectivity index is 1.62. The second-order valence-corrected chi connectivity index (χ2v) is 9.54. The number of anilines is 1. The van der Waals surface area contributed by atoms with E-state index in [-0.39, 0.29) is 29.9 Å². The summed E-state index contributed by atoms with van der Waals surface area (Å²) in [5.41, 5.74) is 2.27. The highest BCUT2D eigenvalue weighted by Crippen LogP contribution is 2.27. The molecule has 2 aromatic carbocycles. The molecular weight excluding hydrogens is 472 g/mol. The number of hydrogen-bond acceptors (Lipinski definition) is 7. The van der Waals surface area contributed by atoms with E-state index in [0.717, 1.165) is 12.2 Å². The van der Waals surface area contributed by atoms with Gasteiger partial charge in [0.1, 0.15) is 18.6 Å². The first-order valence-electron chi connectivity index (χ1n) is 12.4. The van der Waals surface area contributed by atoms with Gasteiger partial charge >= 0.3 is 0 Å². The number of nitrogens with one attached hydrogen (secondary N) is 1. The number of hydrogen-bond donors (Lipinski definition) is 1. The van der Waals surface area contributed by atoms with Gasteiger partial charge in [-0.3, -0.25) is 14.5 Å². The summed E-state index contributed by atoms with van der Waals surface area (Å²) in [7, 11) is 3.42. The van der Waals surface area contributed by atoms with Crippen LogP contribution >= 0.6 is 0 Å². The van der Waals surface area contributed by atoms with Gasteiger partial charge in [-0.1, -0.05) is 25.1 Å². The highest BCUT2D eigenvalue weighted by atomic mass is 16.5. The molecule has 9 nitrogen and oxygen atoms in total. The zero-order valence-electron chi connectivity index (χ0n) is 21.7. The molecular formula is C28H34N4O5. The lowest BCUT2D eigenvalue weighted by atomic mass is 10.0. The molecule has 1 aromatic heterocycles. The molecule has 4 rings (SSSR count). The number of benzene rings is 2. The predicted molar refractivity (Wildman–Crippen MR) is 140 cm³/mol. The average molecular weight is 507 g/mol. The maximum Gasteiger partial charge on any atom is 0.257 e. The lowest BCUT2D eigenvalue weighted by Crippen LogP contribution is -2.46. The summed E-state index contributed by atoms with van der Waals surface area (Å²) < 4.78 is 17.2. The largest absolute Gasteiger partial charge is 0.491 e. The van der Waals surface area contributed by atoms with Crippen LogP contribution in [0.2, 0.25) is 0 Å². The Hall–Kier alpha value is -3.69. The molecule has 0 bridgehead atoms. The van der Waals surface area contributed by atoms with Crippen molar-refractivity contribution < 1.29 is 23.5 Å². The van der Waals surface area contributed by atoms with Crippen LogP contribution in [0.15, 0.2) is 65.6 Å². The number of rotatable bonds is 5. The molecule has 3 aromatic rings. The van der Waals surface area contributed by atoms with Crippen molar-refractivity contribution in [3.63, 3.8) is 0 Å². The van der Waals surface area contributed by atoms with E-state index in [4.69, 9.17) is 13.9 Å². The molecule has 2 heterocycles. The van der Waals surface area contributed by atoms with Crippen molar-refractivity contribution in [1.29, 1.82) is 0 Å². The van der Waals surface area contributed by atoms with Crippen LogP contribution in [0.1, 0.15) is 40.3 Å². The van der Waals surface area contributed by atoms with E-state index < -0.39 is 0 Å². The molecule has 0 saturated heterocycles. The monoisotopic (exact) mass is 506 g/mol. The van der Waals surface area contributed by atoms with Crippen molar-refractivity contribution in [1.82, 2.24) is 14.8 Å². The highest BCUT2D eigenvalue weighted by molar-refractivity contribution is 6.05. The molecule has 0 unspecified atom stereocenters. The van der Waals surface area contributed by atoms with Gasteiger partial charge in [0.2, 0.25) is 0 Å². The van der Waals surface area contributed by atoms with Gasteiger partial charge in [0.15, 0.2) is 6.39 Å². The van der Waals surface area contributed by atoms with Crippen LogP contribution in [0.4, 0.5) is 5.69 Å². The molecule has 0 fully saturated rings. The van der Waals surface area contributed by atoms with Gasteiger partial charge in [0, 0.05) is 51.1 Å². The first-order valence-corrected chi connectivity index (χ1v) is 12.4. The lowest BCUT2D eigenvalue weighted by Gasteiger charge is -2.35. The Kier molecular flexibility index (Phi) is 8.58. The van der Waals surface area contributed by atoms with Gasteiger partial charge in [-0.2, -0.15) is 0 Å². The number of carbonyl (C=O) groups is 2. The van der Waals surface area contributed by atoms with Crippen molar-refractivity contribution in [2.75, 3.05) is 39.2 Å². The smallest absolute Gasteiger partial charge is 0.257 e. The number of methoxy groups -OCH3 is 1. The fourth-order valence-electron chi connectivity index (χ4n) is 4.47. The number of oxazole rings is 1. The maximum absolute atomic E-state index is 13.5. The molecule has 2 amide bonds. The van der Waals surface area contributed by atoms with Gasteiger partial charge in [0.05, 0.1) is 17.4 Å². The molecule has 3 atom stereocenters. The van der Waals surface area contributed by atoms with Gasteiger partial charge in [-0.05, 0) is 43.2 Å². The second kappa shape index (κ2) is 12.0. The van der Waals surface area contributed by atoms with E-state index in [1.807, 2.05) is 6.07 Å². The molecule has 37 heavy (non-hydrogen) atoms. The fourth-order valence-corrected chi connectivity index (χ4v) is 4.47. The standard InChI is InChI=1S/C28H34N4O5/c1-19-13-32(14-23-17-36-18-29-23)20(2)16-37-25-11-10-22(30-27(33)21-8-6-5-7-9-21)12-24(25)28(34)31(3)15-26(19)35-4/h5-12,17-20,26H,13-16H2,1-4H3,(H,30,33)/t19-,20-,26-/m1/s1. The predicted octanol–water partition coefficient (Wildman–Crippen LogP) is 3.93. The SMILES string of the molecule is CO[C@@H]1CN(C)C(=O)c2cc(NC(=O)c3ccccc3)ccc2OC[C@@H](C)N(Cc2cocn2)C[C@H]1C. The lowest BCUT2D eigenvalue weighted by molar-refractivity contribution is 0.00900. The van der Waals surface area contributed by atoms with Crippen LogP contribution < -0.4 is 10.1 Å². The van der Waals surface area contributed by atoms with E-state index in [9.17, 15) is 9.59 Å². The van der Waals surface area contributed by atoms with Gasteiger partial charge < -0.3 is 24.1 Å². The summed E-state index contributed by atoms with van der Waals surface area (Å²) in [6.07, 6.45) is 2.90. The van der Waals surface area contributed by atoms with Crippen LogP contribution in [0.3, 0.4) is 0 Å². The number of likely N-dealkylation sites (N-methyl/N-ethyl adjacent to an activating group) is 1.